The Morgan fingerprint density at radius 3 is 2.69 bits per heavy atom. The number of amides is 1. The second kappa shape index (κ2) is 13.5. The van der Waals surface area contributed by atoms with Crippen molar-refractivity contribution in [2.24, 2.45) is 0 Å². The van der Waals surface area contributed by atoms with E-state index in [0.29, 0.717) is 42.4 Å². The molecule has 1 atom stereocenters. The van der Waals surface area contributed by atoms with Crippen molar-refractivity contribution >= 4 is 48.2 Å². The van der Waals surface area contributed by atoms with E-state index in [1.807, 2.05) is 0 Å². The molecule has 238 valence electrons. The molecular formula is C28H29ClF3N8O4P. The number of carbonyl (C=O) groups is 1. The van der Waals surface area contributed by atoms with Crippen LogP contribution in [0.4, 0.5) is 36.3 Å². The van der Waals surface area contributed by atoms with Gasteiger partial charge in [0.05, 0.1) is 47.7 Å². The summed E-state index contributed by atoms with van der Waals surface area (Å²) in [6.07, 6.45) is 0.298. The van der Waals surface area contributed by atoms with E-state index in [-0.39, 0.29) is 47.4 Å². The number of aromatic nitrogens is 5. The summed E-state index contributed by atoms with van der Waals surface area (Å²) in [6.45, 7) is 2.61. The van der Waals surface area contributed by atoms with Gasteiger partial charge in [-0.25, -0.2) is 9.97 Å². The number of carbonyl (C=O) groups excluding carboxylic acids is 1. The fourth-order valence-corrected chi connectivity index (χ4v) is 6.46. The third-order valence-corrected chi connectivity index (χ3v) is 8.96. The van der Waals surface area contributed by atoms with Crippen LogP contribution in [0.5, 0.6) is 0 Å². The van der Waals surface area contributed by atoms with E-state index in [2.05, 4.69) is 36.0 Å². The molecule has 3 N–H and O–H groups in total. The van der Waals surface area contributed by atoms with Gasteiger partial charge in [-0.15, -0.1) is 0 Å². The molecule has 1 amide bonds. The number of pyridine rings is 1. The summed E-state index contributed by atoms with van der Waals surface area (Å²) in [5, 5.41) is 12.4. The molecule has 0 saturated heterocycles. The minimum absolute atomic E-state index is 0.0138. The molecule has 6 heterocycles. The van der Waals surface area contributed by atoms with Crippen molar-refractivity contribution in [1.29, 1.82) is 0 Å². The Kier molecular flexibility index (Phi) is 9.73. The Balaban J connectivity index is 1.58. The summed E-state index contributed by atoms with van der Waals surface area (Å²) in [4.78, 5) is 25.1. The second-order valence-corrected chi connectivity index (χ2v) is 12.4. The van der Waals surface area contributed by atoms with Gasteiger partial charge in [-0.3, -0.25) is 14.0 Å². The third kappa shape index (κ3) is 7.79. The number of rotatable bonds is 3. The van der Waals surface area contributed by atoms with Gasteiger partial charge in [0.25, 0.3) is 5.91 Å². The van der Waals surface area contributed by atoms with Gasteiger partial charge in [0.1, 0.15) is 11.4 Å². The average Bonchev–Trinajstić information content (AvgIpc) is 3.46. The first-order valence-corrected chi connectivity index (χ1v) is 16.0. The number of fused-ring (bicyclic) bond motifs is 2. The largest absolute Gasteiger partial charge is 0.421 e. The third-order valence-electron chi connectivity index (χ3n) is 6.67. The quantitative estimate of drug-likeness (QED) is 0.200. The Morgan fingerprint density at radius 2 is 1.96 bits per heavy atom. The lowest BCUT2D eigenvalue weighted by Gasteiger charge is -2.19. The summed E-state index contributed by atoms with van der Waals surface area (Å²) in [5.41, 5.74) is 0.487. The highest BCUT2D eigenvalue weighted by molar-refractivity contribution is 7.53. The van der Waals surface area contributed by atoms with Crippen LogP contribution in [0.1, 0.15) is 41.4 Å². The number of halogens is 4. The lowest BCUT2D eigenvalue weighted by atomic mass is 10.1. The molecule has 3 aromatic heterocycles. The van der Waals surface area contributed by atoms with Crippen molar-refractivity contribution in [3.05, 3.63) is 70.8 Å². The highest BCUT2D eigenvalue weighted by Gasteiger charge is 2.36. The Labute approximate surface area is 261 Å². The van der Waals surface area contributed by atoms with E-state index in [1.54, 1.807) is 48.3 Å². The zero-order valence-corrected chi connectivity index (χ0v) is 25.8. The van der Waals surface area contributed by atoms with Crippen LogP contribution in [0, 0.1) is 0 Å². The smallest absolute Gasteiger partial charge is 0.354 e. The topological polar surface area (TPSA) is 145 Å². The number of benzene rings is 1. The number of alkyl halides is 3. The predicted molar refractivity (Wildman–Crippen MR) is 162 cm³/mol. The van der Waals surface area contributed by atoms with Crippen LogP contribution in [0.15, 0.2) is 48.9 Å². The molecule has 1 aromatic carbocycles. The molecule has 0 spiro atoms. The number of anilines is 4. The van der Waals surface area contributed by atoms with E-state index < -0.39 is 31.1 Å². The maximum Gasteiger partial charge on any atom is 0.421 e. The van der Waals surface area contributed by atoms with Crippen molar-refractivity contribution in [3.63, 3.8) is 0 Å². The Bertz CT molecular complexity index is 1750. The maximum absolute atomic E-state index is 14.0. The predicted octanol–water partition coefficient (Wildman–Crippen LogP) is 6.79. The number of nitrogens with zero attached hydrogens (tertiary/aromatic N) is 5. The lowest BCUT2D eigenvalue weighted by Crippen LogP contribution is -2.21. The SMILES string of the molecule is CCOP1(=O)Cc2ccc(c(Cl)c2)Nc2ncc(C(F)(F)F)c(n2)Nc2ccc(nc2C(=O)NC)-c2cnn(c2)CCCCO1. The molecule has 12 nitrogen and oxygen atoms in total. The minimum atomic E-state index is -4.82. The summed E-state index contributed by atoms with van der Waals surface area (Å²) in [5.74, 6) is -1.46. The summed E-state index contributed by atoms with van der Waals surface area (Å²) < 4.78 is 68.4. The van der Waals surface area contributed by atoms with Gasteiger partial charge in [0.15, 0.2) is 5.69 Å². The van der Waals surface area contributed by atoms with Gasteiger partial charge >= 0.3 is 13.8 Å². The maximum atomic E-state index is 14.0. The van der Waals surface area contributed by atoms with E-state index >= 15 is 0 Å². The lowest BCUT2D eigenvalue weighted by molar-refractivity contribution is -0.137. The van der Waals surface area contributed by atoms with Crippen LogP contribution in [0.3, 0.4) is 0 Å². The molecule has 1 unspecified atom stereocenters. The van der Waals surface area contributed by atoms with Crippen molar-refractivity contribution in [3.8, 4) is 11.3 Å². The van der Waals surface area contributed by atoms with Crippen molar-refractivity contribution in [2.75, 3.05) is 30.9 Å². The highest BCUT2D eigenvalue weighted by Crippen LogP contribution is 2.52. The molecule has 0 fully saturated rings. The van der Waals surface area contributed by atoms with Crippen LogP contribution in [0.2, 0.25) is 5.02 Å². The van der Waals surface area contributed by atoms with E-state index in [4.69, 9.17) is 20.6 Å². The molecule has 0 aliphatic carbocycles. The number of hydrogen-bond donors (Lipinski definition) is 3. The van der Waals surface area contributed by atoms with Crippen molar-refractivity contribution in [2.45, 2.75) is 38.6 Å². The number of nitrogens with one attached hydrogen (secondary N) is 3. The molecule has 8 bridgehead atoms. The normalized spacial score (nSPS) is 17.4. The Morgan fingerprint density at radius 1 is 1.16 bits per heavy atom. The van der Waals surface area contributed by atoms with Crippen LogP contribution in [-0.4, -0.2) is 50.9 Å². The summed E-state index contributed by atoms with van der Waals surface area (Å²) >= 11 is 6.48. The first-order valence-electron chi connectivity index (χ1n) is 13.9. The minimum Gasteiger partial charge on any atom is -0.354 e. The standard InChI is InChI=1S/C28H29ClF3N8O4P/c1-3-43-45(42)16-17-6-7-22(20(29)12-17)38-27-34-14-19(28(30,31)32)25(39-27)37-23-9-8-21(36-24(23)26(41)33-2)18-13-35-40(15-18)10-4-5-11-44-45/h6-9,12-15H,3-5,10-11,16H2,1-2H3,(H,33,41)(H2,34,37,38,39). The second-order valence-electron chi connectivity index (χ2n) is 9.91. The monoisotopic (exact) mass is 664 g/mol. The van der Waals surface area contributed by atoms with Gasteiger partial charge in [-0.05, 0) is 49.6 Å². The average molecular weight is 665 g/mol. The number of aryl methyl sites for hydroxylation is 1. The van der Waals surface area contributed by atoms with E-state index in [9.17, 15) is 22.5 Å². The summed E-state index contributed by atoms with van der Waals surface area (Å²) in [6, 6.07) is 7.75. The molecule has 0 saturated carbocycles. The van der Waals surface area contributed by atoms with Gasteiger partial charge in [-0.2, -0.15) is 23.3 Å². The van der Waals surface area contributed by atoms with E-state index in [0.717, 1.165) is 0 Å². The molecule has 7 rings (SSSR count). The van der Waals surface area contributed by atoms with E-state index in [1.165, 1.54) is 13.1 Å². The van der Waals surface area contributed by atoms with Gasteiger partial charge < -0.3 is 25.0 Å². The number of hydrogen-bond acceptors (Lipinski definition) is 10. The fourth-order valence-electron chi connectivity index (χ4n) is 4.51. The van der Waals surface area contributed by atoms with Crippen LogP contribution in [0.25, 0.3) is 11.3 Å². The fraction of sp³-hybridized carbons (Fsp3) is 0.321. The first-order chi connectivity index (χ1) is 21.5. The van der Waals surface area contributed by atoms with Gasteiger partial charge in [0, 0.05) is 31.5 Å². The van der Waals surface area contributed by atoms with Gasteiger partial charge in [0.2, 0.25) is 5.95 Å². The molecule has 45 heavy (non-hydrogen) atoms. The molecular weight excluding hydrogens is 636 g/mol. The zero-order valence-electron chi connectivity index (χ0n) is 24.2. The van der Waals surface area contributed by atoms with Crippen molar-refractivity contribution < 1.29 is 31.6 Å². The molecule has 3 aliphatic rings. The Hall–Kier alpha value is -4.04. The van der Waals surface area contributed by atoms with Crippen molar-refractivity contribution in [1.82, 2.24) is 30.0 Å². The molecule has 4 aromatic rings. The highest BCUT2D eigenvalue weighted by atomic mass is 35.5. The molecule has 3 aliphatic heterocycles. The molecule has 0 radical (unpaired) electrons. The summed E-state index contributed by atoms with van der Waals surface area (Å²) in [7, 11) is -2.13. The zero-order chi connectivity index (χ0) is 32.2. The first kappa shape index (κ1) is 32.4. The van der Waals surface area contributed by atoms with Crippen LogP contribution >= 0.6 is 19.2 Å². The van der Waals surface area contributed by atoms with Gasteiger partial charge in [-0.1, -0.05) is 17.7 Å². The van der Waals surface area contributed by atoms with Crippen LogP contribution in [-0.2, 0) is 32.5 Å². The van der Waals surface area contributed by atoms with Crippen LogP contribution < -0.4 is 16.0 Å². The molecule has 17 heteroatoms.